The summed E-state index contributed by atoms with van der Waals surface area (Å²) in [6.07, 6.45) is 4.09. The van der Waals surface area contributed by atoms with Crippen LogP contribution in [0.2, 0.25) is 0 Å². The molecule has 0 saturated heterocycles. The maximum atomic E-state index is 12.5. The van der Waals surface area contributed by atoms with Crippen LogP contribution in [-0.4, -0.2) is 18.4 Å². The van der Waals surface area contributed by atoms with Crippen molar-refractivity contribution in [2.45, 2.75) is 45.4 Å². The zero-order valence-corrected chi connectivity index (χ0v) is 14.1. The summed E-state index contributed by atoms with van der Waals surface area (Å²) in [7, 11) is 0. The van der Waals surface area contributed by atoms with Gasteiger partial charge in [-0.25, -0.2) is 0 Å². The van der Waals surface area contributed by atoms with Crippen LogP contribution in [0.5, 0.6) is 0 Å². The summed E-state index contributed by atoms with van der Waals surface area (Å²) in [5.74, 6) is 0.989. The van der Waals surface area contributed by atoms with E-state index < -0.39 is 0 Å². The van der Waals surface area contributed by atoms with Crippen LogP contribution < -0.4 is 0 Å². The molecular formula is C20H22O4. The van der Waals surface area contributed by atoms with Crippen molar-refractivity contribution < 1.29 is 19.1 Å². The second kappa shape index (κ2) is 7.04. The summed E-state index contributed by atoms with van der Waals surface area (Å²) in [4.78, 5) is 24.2. The molecule has 24 heavy (non-hydrogen) atoms. The van der Waals surface area contributed by atoms with E-state index in [1.54, 1.807) is 6.92 Å². The van der Waals surface area contributed by atoms with Crippen molar-refractivity contribution in [1.29, 1.82) is 0 Å². The molecule has 0 fully saturated rings. The molecule has 4 heteroatoms. The number of carbonyl (C=O) groups is 2. The fraction of sp³-hybridized carbons (Fsp3) is 0.400. The second-order valence-electron chi connectivity index (χ2n) is 6.22. The summed E-state index contributed by atoms with van der Waals surface area (Å²) in [5.41, 5.74) is 2.97. The highest BCUT2D eigenvalue weighted by molar-refractivity contribution is 5.98. The van der Waals surface area contributed by atoms with Gasteiger partial charge in [0.15, 0.2) is 5.78 Å². The van der Waals surface area contributed by atoms with Gasteiger partial charge in [-0.05, 0) is 31.9 Å². The van der Waals surface area contributed by atoms with Crippen molar-refractivity contribution in [2.24, 2.45) is 0 Å². The number of ether oxygens (including phenoxy) is 2. The molecule has 0 aromatic heterocycles. The zero-order valence-electron chi connectivity index (χ0n) is 14.1. The second-order valence-corrected chi connectivity index (χ2v) is 6.22. The standard InChI is InChI=1S/C20H22O4/c1-3-23-19(22)12-15-11-16(14-9-7-13(2)8-10-14)20-17(21)5-4-6-18(20)24-15/h7-11,16H,3-6,12H2,1-2H3/t16-/m1/s1. The molecule has 0 radical (unpaired) electrons. The Kier molecular flexibility index (Phi) is 4.84. The molecule has 0 bridgehead atoms. The Morgan fingerprint density at radius 2 is 2.00 bits per heavy atom. The molecule has 0 spiro atoms. The summed E-state index contributed by atoms with van der Waals surface area (Å²) >= 11 is 0. The van der Waals surface area contributed by atoms with Gasteiger partial charge in [-0.3, -0.25) is 9.59 Å². The molecule has 1 heterocycles. The van der Waals surface area contributed by atoms with Gasteiger partial charge in [-0.2, -0.15) is 0 Å². The Morgan fingerprint density at radius 3 is 2.71 bits per heavy atom. The topological polar surface area (TPSA) is 52.6 Å². The van der Waals surface area contributed by atoms with Crippen LogP contribution in [0.15, 0.2) is 47.4 Å². The van der Waals surface area contributed by atoms with Gasteiger partial charge in [-0.15, -0.1) is 0 Å². The number of carbonyl (C=O) groups excluding carboxylic acids is 2. The first kappa shape index (κ1) is 16.5. The van der Waals surface area contributed by atoms with Crippen molar-refractivity contribution in [3.63, 3.8) is 0 Å². The van der Waals surface area contributed by atoms with Gasteiger partial charge >= 0.3 is 5.97 Å². The molecule has 1 aromatic rings. The summed E-state index contributed by atoms with van der Waals surface area (Å²) in [5, 5.41) is 0. The normalized spacial score (nSPS) is 20.2. The lowest BCUT2D eigenvalue weighted by Crippen LogP contribution is -2.23. The molecule has 3 rings (SSSR count). The number of esters is 1. The molecular weight excluding hydrogens is 304 g/mol. The Hall–Kier alpha value is -2.36. The largest absolute Gasteiger partial charge is 0.466 e. The van der Waals surface area contributed by atoms with Gasteiger partial charge in [0, 0.05) is 24.3 Å². The van der Waals surface area contributed by atoms with E-state index >= 15 is 0 Å². The molecule has 0 saturated carbocycles. The van der Waals surface area contributed by atoms with E-state index in [1.165, 1.54) is 5.56 Å². The van der Waals surface area contributed by atoms with Crippen LogP contribution in [0.1, 0.15) is 49.7 Å². The molecule has 0 N–H and O–H groups in total. The fourth-order valence-electron chi connectivity index (χ4n) is 3.23. The minimum atomic E-state index is -0.308. The number of hydrogen-bond donors (Lipinski definition) is 0. The van der Waals surface area contributed by atoms with Gasteiger partial charge in [-0.1, -0.05) is 29.8 Å². The van der Waals surface area contributed by atoms with E-state index in [-0.39, 0.29) is 24.1 Å². The van der Waals surface area contributed by atoms with Crippen molar-refractivity contribution in [3.05, 3.63) is 58.6 Å². The van der Waals surface area contributed by atoms with Crippen LogP contribution in [0.4, 0.5) is 0 Å². The number of ketones is 1. The minimum absolute atomic E-state index is 0.0984. The number of Topliss-reactive ketones (excluding diaryl/α,β-unsaturated/α-hetero) is 1. The maximum Gasteiger partial charge on any atom is 0.313 e. The monoisotopic (exact) mass is 326 g/mol. The molecule has 0 unspecified atom stereocenters. The predicted octanol–water partition coefficient (Wildman–Crippen LogP) is 3.95. The Balaban J connectivity index is 1.95. The van der Waals surface area contributed by atoms with E-state index in [0.717, 1.165) is 29.7 Å². The Bertz CT molecular complexity index is 710. The molecule has 1 aliphatic heterocycles. The number of aryl methyl sites for hydroxylation is 1. The number of rotatable bonds is 4. The van der Waals surface area contributed by atoms with E-state index in [9.17, 15) is 9.59 Å². The quantitative estimate of drug-likeness (QED) is 0.786. The highest BCUT2D eigenvalue weighted by Crippen LogP contribution is 2.40. The van der Waals surface area contributed by atoms with E-state index in [0.29, 0.717) is 18.8 Å². The lowest BCUT2D eigenvalue weighted by atomic mass is 9.81. The first-order valence-electron chi connectivity index (χ1n) is 8.45. The maximum absolute atomic E-state index is 12.5. The number of allylic oxidation sites excluding steroid dienone is 3. The van der Waals surface area contributed by atoms with Gasteiger partial charge in [0.2, 0.25) is 0 Å². The van der Waals surface area contributed by atoms with Crippen LogP contribution in [0.25, 0.3) is 0 Å². The van der Waals surface area contributed by atoms with Crippen LogP contribution in [-0.2, 0) is 19.1 Å². The average Bonchev–Trinajstić information content (AvgIpc) is 2.55. The van der Waals surface area contributed by atoms with Gasteiger partial charge in [0.1, 0.15) is 17.9 Å². The van der Waals surface area contributed by atoms with Crippen molar-refractivity contribution >= 4 is 11.8 Å². The van der Waals surface area contributed by atoms with Gasteiger partial charge in [0.25, 0.3) is 0 Å². The average molecular weight is 326 g/mol. The summed E-state index contributed by atoms with van der Waals surface area (Å²) < 4.78 is 10.9. The van der Waals surface area contributed by atoms with E-state index in [4.69, 9.17) is 9.47 Å². The van der Waals surface area contributed by atoms with Crippen LogP contribution in [0, 0.1) is 6.92 Å². The molecule has 1 aliphatic carbocycles. The Morgan fingerprint density at radius 1 is 1.25 bits per heavy atom. The first-order valence-corrected chi connectivity index (χ1v) is 8.45. The lowest BCUT2D eigenvalue weighted by Gasteiger charge is -2.30. The summed E-state index contributed by atoms with van der Waals surface area (Å²) in [6.45, 7) is 4.16. The van der Waals surface area contributed by atoms with Crippen LogP contribution in [0.3, 0.4) is 0 Å². The SMILES string of the molecule is CCOC(=O)CC1=C[C@H](c2ccc(C)cc2)C2=C(CCCC2=O)O1. The molecule has 1 aromatic carbocycles. The van der Waals surface area contributed by atoms with Crippen molar-refractivity contribution in [1.82, 2.24) is 0 Å². The lowest BCUT2D eigenvalue weighted by molar-refractivity contribution is -0.142. The van der Waals surface area contributed by atoms with E-state index in [1.807, 2.05) is 37.3 Å². The van der Waals surface area contributed by atoms with Gasteiger partial charge < -0.3 is 9.47 Å². The minimum Gasteiger partial charge on any atom is -0.466 e. The molecule has 0 amide bonds. The Labute approximate surface area is 142 Å². The third kappa shape index (κ3) is 3.42. The van der Waals surface area contributed by atoms with E-state index in [2.05, 4.69) is 0 Å². The third-order valence-electron chi connectivity index (χ3n) is 4.39. The van der Waals surface area contributed by atoms with Crippen molar-refractivity contribution in [2.75, 3.05) is 6.61 Å². The number of benzene rings is 1. The molecule has 1 atom stereocenters. The zero-order chi connectivity index (χ0) is 17.1. The highest BCUT2D eigenvalue weighted by Gasteiger charge is 2.33. The smallest absolute Gasteiger partial charge is 0.313 e. The molecule has 2 aliphatic rings. The van der Waals surface area contributed by atoms with Gasteiger partial charge in [0.05, 0.1) is 6.61 Å². The highest BCUT2D eigenvalue weighted by atomic mass is 16.5. The first-order chi connectivity index (χ1) is 11.6. The molecule has 4 nitrogen and oxygen atoms in total. The third-order valence-corrected chi connectivity index (χ3v) is 4.39. The van der Waals surface area contributed by atoms with Crippen LogP contribution >= 0.6 is 0 Å². The molecule has 126 valence electrons. The summed E-state index contributed by atoms with van der Waals surface area (Å²) in [6, 6.07) is 8.15. The van der Waals surface area contributed by atoms with Crippen molar-refractivity contribution in [3.8, 4) is 0 Å². The predicted molar refractivity (Wildman–Crippen MR) is 90.2 cm³/mol. The fourth-order valence-corrected chi connectivity index (χ4v) is 3.23. The number of hydrogen-bond acceptors (Lipinski definition) is 4.